The number of imidazole rings is 2. The monoisotopic (exact) mass is 904 g/mol. The third kappa shape index (κ3) is 10.4. The molecule has 13 nitrogen and oxygen atoms in total. The van der Waals surface area contributed by atoms with Crippen molar-refractivity contribution in [2.75, 3.05) is 54.2 Å². The summed E-state index contributed by atoms with van der Waals surface area (Å²) in [7, 11) is 4.34. The first-order valence-corrected chi connectivity index (χ1v) is 21.2. The number of ketones is 2. The van der Waals surface area contributed by atoms with Crippen LogP contribution in [0.25, 0.3) is 22.1 Å². The van der Waals surface area contributed by atoms with Gasteiger partial charge in [0.25, 0.3) is 5.91 Å². The second kappa shape index (κ2) is 20.2. The Hall–Kier alpha value is -6.40. The van der Waals surface area contributed by atoms with E-state index >= 15 is 0 Å². The standard InChI is InChI=1S/C47H49F5N6O7/c1-5-31(21-30(28-13-14-33(48)34(49)22-28)25-53-46(61)29-23-38(62-2)43(64-4)39(24-29)63-3)57-17-15-27(16-18-57)41(59)44-54-36-11-8-9-32(40(36)56-44)42(60)45-55-35-10-6-7-12-37(35)58(45)19-20-65-26-47(50,51)52/h6-14,22-24,27,30-31H,5,15-21,25-26H2,1-4H3,(H,53,61)(H,54,56). The van der Waals surface area contributed by atoms with Gasteiger partial charge in [-0.3, -0.25) is 14.4 Å². The van der Waals surface area contributed by atoms with Gasteiger partial charge in [0.15, 0.2) is 34.8 Å². The lowest BCUT2D eigenvalue weighted by Crippen LogP contribution is -2.44. The number of para-hydroxylation sites is 3. The average Bonchev–Trinajstić information content (AvgIpc) is 3.92. The molecule has 344 valence electrons. The molecule has 0 saturated carbocycles. The Morgan fingerprint density at radius 2 is 1.62 bits per heavy atom. The number of piperidine rings is 1. The molecule has 1 aliphatic rings. The lowest BCUT2D eigenvalue weighted by molar-refractivity contribution is -0.174. The Morgan fingerprint density at radius 3 is 2.28 bits per heavy atom. The van der Waals surface area contributed by atoms with Gasteiger partial charge in [-0.15, -0.1) is 0 Å². The van der Waals surface area contributed by atoms with E-state index in [1.807, 2.05) is 6.92 Å². The summed E-state index contributed by atoms with van der Waals surface area (Å²) >= 11 is 0. The molecule has 1 fully saturated rings. The zero-order valence-corrected chi connectivity index (χ0v) is 36.3. The highest BCUT2D eigenvalue weighted by molar-refractivity contribution is 6.15. The predicted octanol–water partition coefficient (Wildman–Crippen LogP) is 8.30. The number of aromatic nitrogens is 4. The number of ether oxygens (including phenoxy) is 4. The quantitative estimate of drug-likeness (QED) is 0.0462. The summed E-state index contributed by atoms with van der Waals surface area (Å²) < 4.78 is 89.6. The Kier molecular flexibility index (Phi) is 14.5. The number of aromatic amines is 1. The molecule has 6 aromatic rings. The van der Waals surface area contributed by atoms with Crippen LogP contribution in [0.1, 0.15) is 81.2 Å². The van der Waals surface area contributed by atoms with E-state index in [2.05, 4.69) is 25.2 Å². The van der Waals surface area contributed by atoms with Crippen LogP contribution in [0, 0.1) is 17.6 Å². The van der Waals surface area contributed by atoms with Gasteiger partial charge in [0.2, 0.25) is 17.3 Å². The predicted molar refractivity (Wildman–Crippen MR) is 231 cm³/mol. The first-order valence-electron chi connectivity index (χ1n) is 21.2. The molecule has 2 atom stereocenters. The number of likely N-dealkylation sites (tertiary alicyclic amines) is 1. The number of hydrogen-bond donors (Lipinski definition) is 2. The zero-order chi connectivity index (χ0) is 46.4. The molecule has 0 spiro atoms. The maximum absolute atomic E-state index is 14.6. The van der Waals surface area contributed by atoms with Crippen LogP contribution >= 0.6 is 0 Å². The number of hydrogen-bond acceptors (Lipinski definition) is 10. The number of H-pyrrole nitrogens is 1. The Bertz CT molecular complexity index is 2650. The summed E-state index contributed by atoms with van der Waals surface area (Å²) in [6, 6.07) is 18.6. The van der Waals surface area contributed by atoms with Crippen LogP contribution in [0.3, 0.4) is 0 Å². The fraction of sp³-hybridized carbons (Fsp3) is 0.383. The minimum absolute atomic E-state index is 0.00390. The molecular formula is C47H49F5N6O7. The lowest BCUT2D eigenvalue weighted by Gasteiger charge is -2.38. The average molecular weight is 905 g/mol. The molecule has 65 heavy (non-hydrogen) atoms. The number of nitrogens with zero attached hydrogens (tertiary/aromatic N) is 4. The molecule has 7 rings (SSSR count). The third-order valence-electron chi connectivity index (χ3n) is 11.9. The topological polar surface area (TPSA) is 150 Å². The number of rotatable bonds is 19. The van der Waals surface area contributed by atoms with Crippen molar-refractivity contribution in [2.45, 2.75) is 57.3 Å². The van der Waals surface area contributed by atoms with E-state index in [9.17, 15) is 36.3 Å². The van der Waals surface area contributed by atoms with Gasteiger partial charge in [0, 0.05) is 36.5 Å². The van der Waals surface area contributed by atoms with Crippen LogP contribution < -0.4 is 19.5 Å². The minimum Gasteiger partial charge on any atom is -0.493 e. The van der Waals surface area contributed by atoms with E-state index in [1.165, 1.54) is 44.1 Å². The third-order valence-corrected chi connectivity index (χ3v) is 11.9. The Balaban J connectivity index is 1.04. The van der Waals surface area contributed by atoms with E-state index in [0.717, 1.165) is 12.1 Å². The first-order chi connectivity index (χ1) is 31.2. The molecule has 2 aromatic heterocycles. The number of amides is 1. The van der Waals surface area contributed by atoms with Gasteiger partial charge in [-0.2, -0.15) is 13.2 Å². The molecule has 0 aliphatic carbocycles. The molecule has 0 bridgehead atoms. The van der Waals surface area contributed by atoms with Crippen LogP contribution in [0.15, 0.2) is 72.8 Å². The van der Waals surface area contributed by atoms with Gasteiger partial charge >= 0.3 is 6.18 Å². The number of methoxy groups -OCH3 is 3. The van der Waals surface area contributed by atoms with Crippen LogP contribution in [-0.4, -0.2) is 108 Å². The SMILES string of the molecule is CCC(CC(CNC(=O)c1cc(OC)c(OC)c(OC)c1)c1ccc(F)c(F)c1)N1CCC(C(=O)c2nc3c(C(=O)c4nc5ccccc5n4CCOCC(F)(F)F)cccc3[nH]2)CC1. The fourth-order valence-corrected chi connectivity index (χ4v) is 8.53. The highest BCUT2D eigenvalue weighted by Crippen LogP contribution is 2.38. The molecular weight excluding hydrogens is 856 g/mol. The van der Waals surface area contributed by atoms with Crippen LogP contribution in [-0.2, 0) is 11.3 Å². The van der Waals surface area contributed by atoms with Gasteiger partial charge in [0.1, 0.15) is 12.1 Å². The van der Waals surface area contributed by atoms with Gasteiger partial charge in [-0.1, -0.05) is 31.2 Å². The highest BCUT2D eigenvalue weighted by atomic mass is 19.4. The summed E-state index contributed by atoms with van der Waals surface area (Å²) in [4.78, 5) is 56.2. The fourth-order valence-electron chi connectivity index (χ4n) is 8.53. The minimum atomic E-state index is -4.50. The molecule has 0 radical (unpaired) electrons. The van der Waals surface area contributed by atoms with E-state index in [0.29, 0.717) is 78.1 Å². The number of carbonyl (C=O) groups excluding carboxylic acids is 3. The van der Waals surface area contributed by atoms with Crippen molar-refractivity contribution in [3.8, 4) is 17.2 Å². The van der Waals surface area contributed by atoms with Crippen molar-refractivity contribution in [2.24, 2.45) is 5.92 Å². The molecule has 1 saturated heterocycles. The number of fused-ring (bicyclic) bond motifs is 2. The van der Waals surface area contributed by atoms with Crippen molar-refractivity contribution in [1.82, 2.24) is 29.7 Å². The lowest BCUT2D eigenvalue weighted by atomic mass is 9.87. The molecule has 2 N–H and O–H groups in total. The summed E-state index contributed by atoms with van der Waals surface area (Å²) in [5.74, 6) is -2.91. The largest absolute Gasteiger partial charge is 0.493 e. The maximum Gasteiger partial charge on any atom is 0.411 e. The van der Waals surface area contributed by atoms with Crippen molar-refractivity contribution < 1.29 is 55.3 Å². The van der Waals surface area contributed by atoms with Crippen LogP contribution in [0.4, 0.5) is 22.0 Å². The summed E-state index contributed by atoms with van der Waals surface area (Å²) in [5, 5.41) is 2.95. The number of benzene rings is 4. The zero-order valence-electron chi connectivity index (χ0n) is 36.3. The smallest absolute Gasteiger partial charge is 0.411 e. The molecule has 2 unspecified atom stereocenters. The van der Waals surface area contributed by atoms with Gasteiger partial charge < -0.3 is 38.7 Å². The first kappa shape index (κ1) is 46.6. The van der Waals surface area contributed by atoms with Crippen molar-refractivity contribution in [3.05, 3.63) is 113 Å². The van der Waals surface area contributed by atoms with Crippen LogP contribution in [0.2, 0.25) is 0 Å². The summed E-state index contributed by atoms with van der Waals surface area (Å²) in [6.07, 6.45) is -2.29. The van der Waals surface area contributed by atoms with Gasteiger partial charge in [-0.25, -0.2) is 18.7 Å². The maximum atomic E-state index is 14.6. The highest BCUT2D eigenvalue weighted by Gasteiger charge is 2.33. The molecule has 4 aromatic carbocycles. The van der Waals surface area contributed by atoms with Crippen molar-refractivity contribution >= 4 is 39.5 Å². The second-order valence-corrected chi connectivity index (χ2v) is 15.8. The molecule has 18 heteroatoms. The number of alkyl halides is 3. The van der Waals surface area contributed by atoms with E-state index in [-0.39, 0.29) is 65.7 Å². The van der Waals surface area contributed by atoms with E-state index in [4.69, 9.17) is 18.9 Å². The number of Topliss-reactive ketones (excluding diaryl/α,β-unsaturated/α-hetero) is 1. The number of nitrogens with one attached hydrogen (secondary N) is 2. The summed E-state index contributed by atoms with van der Waals surface area (Å²) in [6.45, 7) is 1.46. The van der Waals surface area contributed by atoms with Crippen LogP contribution in [0.5, 0.6) is 17.2 Å². The van der Waals surface area contributed by atoms with E-state index < -0.39 is 42.0 Å². The normalized spacial score (nSPS) is 14.7. The second-order valence-electron chi connectivity index (χ2n) is 15.8. The summed E-state index contributed by atoms with van der Waals surface area (Å²) in [5.41, 5.74) is 2.69. The number of carbonyl (C=O) groups is 3. The Labute approximate surface area is 371 Å². The van der Waals surface area contributed by atoms with Gasteiger partial charge in [-0.05, 0) is 92.9 Å². The molecule has 1 amide bonds. The number of halogens is 5. The molecule has 1 aliphatic heterocycles. The van der Waals surface area contributed by atoms with Gasteiger partial charge in [0.05, 0.1) is 50.0 Å². The molecule has 3 heterocycles. The van der Waals surface area contributed by atoms with E-state index in [1.54, 1.807) is 42.5 Å². The van der Waals surface area contributed by atoms with Crippen molar-refractivity contribution in [1.29, 1.82) is 0 Å². The Morgan fingerprint density at radius 1 is 0.892 bits per heavy atom. The van der Waals surface area contributed by atoms with Crippen molar-refractivity contribution in [3.63, 3.8) is 0 Å².